The van der Waals surface area contributed by atoms with Crippen LogP contribution in [0.1, 0.15) is 39.5 Å². The van der Waals surface area contributed by atoms with E-state index in [1.165, 1.54) is 0 Å². The van der Waals surface area contributed by atoms with Gasteiger partial charge in [0.15, 0.2) is 0 Å². The van der Waals surface area contributed by atoms with Crippen LogP contribution in [0.25, 0.3) is 0 Å². The van der Waals surface area contributed by atoms with E-state index in [2.05, 4.69) is 0 Å². The lowest BCUT2D eigenvalue weighted by Gasteiger charge is -2.32. The molecule has 1 heterocycles. The van der Waals surface area contributed by atoms with Crippen LogP contribution in [0.2, 0.25) is 0 Å². The van der Waals surface area contributed by atoms with Gasteiger partial charge in [-0.15, -0.1) is 0 Å². The minimum absolute atomic E-state index is 0.0796. The van der Waals surface area contributed by atoms with Crippen LogP contribution in [0.3, 0.4) is 0 Å². The summed E-state index contributed by atoms with van der Waals surface area (Å²) in [5.74, 6) is 0.0796. The van der Waals surface area contributed by atoms with E-state index in [0.717, 1.165) is 19.3 Å². The molecular formula is C12H22N2O2S. The van der Waals surface area contributed by atoms with Crippen LogP contribution in [0.4, 0.5) is 0 Å². The van der Waals surface area contributed by atoms with Crippen molar-refractivity contribution in [3.63, 3.8) is 0 Å². The molecule has 0 aromatic heterocycles. The van der Waals surface area contributed by atoms with Gasteiger partial charge in [0.05, 0.1) is 4.99 Å². The Hall–Kier alpha value is -0.680. The Labute approximate surface area is 108 Å². The summed E-state index contributed by atoms with van der Waals surface area (Å²) in [7, 11) is 0. The summed E-state index contributed by atoms with van der Waals surface area (Å²) >= 11 is 4.85. The Balaban J connectivity index is 2.55. The van der Waals surface area contributed by atoms with Gasteiger partial charge in [-0.3, -0.25) is 4.79 Å². The Morgan fingerprint density at radius 1 is 1.53 bits per heavy atom. The standard InChI is InChI=1S/C12H22N2O2S/c1-9(2)14(7-6-11(13)17)12(15)10-5-3-4-8-16-10/h9-10H,3-8H2,1-2H3,(H2,13,17). The molecule has 1 aliphatic heterocycles. The first-order chi connectivity index (χ1) is 8.02. The number of nitrogens with two attached hydrogens (primary N) is 1. The van der Waals surface area contributed by atoms with Crippen LogP contribution < -0.4 is 5.73 Å². The van der Waals surface area contributed by atoms with E-state index in [-0.39, 0.29) is 18.1 Å². The minimum atomic E-state index is -0.266. The minimum Gasteiger partial charge on any atom is -0.393 e. The van der Waals surface area contributed by atoms with Gasteiger partial charge in [0.1, 0.15) is 6.10 Å². The van der Waals surface area contributed by atoms with Gasteiger partial charge < -0.3 is 15.4 Å². The third kappa shape index (κ3) is 4.60. The lowest BCUT2D eigenvalue weighted by atomic mass is 10.1. The number of hydrogen-bond acceptors (Lipinski definition) is 3. The second-order valence-electron chi connectivity index (χ2n) is 4.70. The predicted molar refractivity (Wildman–Crippen MR) is 71.8 cm³/mol. The summed E-state index contributed by atoms with van der Waals surface area (Å²) in [5, 5.41) is 0. The second kappa shape index (κ2) is 6.91. The van der Waals surface area contributed by atoms with Gasteiger partial charge >= 0.3 is 0 Å². The van der Waals surface area contributed by atoms with Crippen LogP contribution in [-0.4, -0.2) is 41.1 Å². The molecule has 5 heteroatoms. The number of nitrogens with zero attached hydrogens (tertiary/aromatic N) is 1. The molecule has 1 aliphatic rings. The van der Waals surface area contributed by atoms with Crippen molar-refractivity contribution in [2.45, 2.75) is 51.7 Å². The Bertz CT molecular complexity index is 276. The SMILES string of the molecule is CC(C)N(CCC(N)=S)C(=O)C1CCCCO1. The van der Waals surface area contributed by atoms with E-state index in [9.17, 15) is 4.79 Å². The number of hydrogen-bond donors (Lipinski definition) is 1. The monoisotopic (exact) mass is 258 g/mol. The van der Waals surface area contributed by atoms with Crippen LogP contribution in [-0.2, 0) is 9.53 Å². The predicted octanol–water partition coefficient (Wildman–Crippen LogP) is 1.47. The number of carbonyl (C=O) groups is 1. The number of thiocarbonyl (C=S) groups is 1. The summed E-state index contributed by atoms with van der Waals surface area (Å²) in [4.78, 5) is 14.5. The highest BCUT2D eigenvalue weighted by Gasteiger charge is 2.28. The topological polar surface area (TPSA) is 55.6 Å². The van der Waals surface area contributed by atoms with Gasteiger partial charge in [-0.25, -0.2) is 0 Å². The van der Waals surface area contributed by atoms with Crippen molar-refractivity contribution in [1.29, 1.82) is 0 Å². The van der Waals surface area contributed by atoms with Crippen molar-refractivity contribution in [2.75, 3.05) is 13.2 Å². The molecule has 0 spiro atoms. The smallest absolute Gasteiger partial charge is 0.251 e. The maximum absolute atomic E-state index is 12.3. The molecular weight excluding hydrogens is 236 g/mol. The van der Waals surface area contributed by atoms with E-state index in [1.807, 2.05) is 18.7 Å². The number of amides is 1. The molecule has 98 valence electrons. The Morgan fingerprint density at radius 3 is 2.71 bits per heavy atom. The molecule has 1 unspecified atom stereocenters. The fourth-order valence-corrected chi connectivity index (χ4v) is 2.07. The zero-order chi connectivity index (χ0) is 12.8. The van der Waals surface area contributed by atoms with Gasteiger partial charge in [-0.1, -0.05) is 12.2 Å². The molecule has 0 radical (unpaired) electrons. The summed E-state index contributed by atoms with van der Waals surface area (Å²) in [6.07, 6.45) is 3.26. The Morgan fingerprint density at radius 2 is 2.24 bits per heavy atom. The molecule has 0 bridgehead atoms. The van der Waals surface area contributed by atoms with Crippen LogP contribution in [0, 0.1) is 0 Å². The average Bonchev–Trinajstić information content (AvgIpc) is 2.29. The molecule has 1 amide bonds. The Kier molecular flexibility index (Phi) is 5.85. The van der Waals surface area contributed by atoms with Crippen molar-refractivity contribution in [3.05, 3.63) is 0 Å². The molecule has 0 aromatic rings. The summed E-state index contributed by atoms with van der Waals surface area (Å²) in [6, 6.07) is 0.155. The van der Waals surface area contributed by atoms with Crippen molar-refractivity contribution >= 4 is 23.1 Å². The molecule has 1 atom stereocenters. The maximum atomic E-state index is 12.3. The van der Waals surface area contributed by atoms with E-state index < -0.39 is 0 Å². The number of ether oxygens (including phenoxy) is 1. The molecule has 0 aromatic carbocycles. The van der Waals surface area contributed by atoms with Crippen molar-refractivity contribution in [2.24, 2.45) is 5.73 Å². The summed E-state index contributed by atoms with van der Waals surface area (Å²) in [5.41, 5.74) is 5.48. The molecule has 1 saturated heterocycles. The molecule has 0 saturated carbocycles. The lowest BCUT2D eigenvalue weighted by Crippen LogP contribution is -2.46. The van der Waals surface area contributed by atoms with Crippen molar-refractivity contribution < 1.29 is 9.53 Å². The van der Waals surface area contributed by atoms with Crippen molar-refractivity contribution in [1.82, 2.24) is 4.90 Å². The lowest BCUT2D eigenvalue weighted by molar-refractivity contribution is -0.148. The van der Waals surface area contributed by atoms with Gasteiger partial charge in [0.2, 0.25) is 0 Å². The first-order valence-electron chi connectivity index (χ1n) is 6.22. The summed E-state index contributed by atoms with van der Waals surface area (Å²) < 4.78 is 5.52. The first-order valence-corrected chi connectivity index (χ1v) is 6.63. The first kappa shape index (κ1) is 14.4. The zero-order valence-corrected chi connectivity index (χ0v) is 11.5. The second-order valence-corrected chi connectivity index (χ2v) is 5.22. The molecule has 0 aliphatic carbocycles. The van der Waals surface area contributed by atoms with Gasteiger partial charge in [-0.2, -0.15) is 0 Å². The van der Waals surface area contributed by atoms with E-state index in [0.29, 0.717) is 24.6 Å². The molecule has 17 heavy (non-hydrogen) atoms. The van der Waals surface area contributed by atoms with Crippen molar-refractivity contribution in [3.8, 4) is 0 Å². The normalized spacial score (nSPS) is 20.3. The van der Waals surface area contributed by atoms with E-state index >= 15 is 0 Å². The van der Waals surface area contributed by atoms with Gasteiger partial charge in [0.25, 0.3) is 5.91 Å². The van der Waals surface area contributed by atoms with Gasteiger partial charge in [-0.05, 0) is 33.1 Å². The number of carbonyl (C=O) groups excluding carboxylic acids is 1. The third-order valence-electron chi connectivity index (χ3n) is 2.96. The average molecular weight is 258 g/mol. The molecule has 1 fully saturated rings. The maximum Gasteiger partial charge on any atom is 0.251 e. The quantitative estimate of drug-likeness (QED) is 0.759. The highest BCUT2D eigenvalue weighted by Crippen LogP contribution is 2.16. The highest BCUT2D eigenvalue weighted by molar-refractivity contribution is 7.80. The number of rotatable bonds is 5. The largest absolute Gasteiger partial charge is 0.393 e. The fourth-order valence-electron chi connectivity index (χ4n) is 1.97. The van der Waals surface area contributed by atoms with Crippen LogP contribution in [0.5, 0.6) is 0 Å². The van der Waals surface area contributed by atoms with E-state index in [4.69, 9.17) is 22.7 Å². The zero-order valence-electron chi connectivity index (χ0n) is 10.6. The highest BCUT2D eigenvalue weighted by atomic mass is 32.1. The third-order valence-corrected chi connectivity index (χ3v) is 3.16. The van der Waals surface area contributed by atoms with E-state index in [1.54, 1.807) is 0 Å². The molecule has 4 nitrogen and oxygen atoms in total. The fraction of sp³-hybridized carbons (Fsp3) is 0.833. The van der Waals surface area contributed by atoms with Gasteiger partial charge in [0, 0.05) is 25.6 Å². The molecule has 1 rings (SSSR count). The summed E-state index contributed by atoms with van der Waals surface area (Å²) in [6.45, 7) is 5.28. The van der Waals surface area contributed by atoms with Crippen LogP contribution >= 0.6 is 12.2 Å². The molecule has 2 N–H and O–H groups in total. The van der Waals surface area contributed by atoms with Crippen LogP contribution in [0.15, 0.2) is 0 Å².